The van der Waals surface area contributed by atoms with Crippen molar-refractivity contribution < 1.29 is 14.7 Å². The maximum absolute atomic E-state index is 12.5. The standard InChI is InChI=1S/C25H20ClN3O3/c1-15-11-20(16(2)29(15)21-9-10-22(25(31)32)23(26)13-21)14-27-28-24(30)19-8-7-17-5-3-4-6-18(17)12-19/h3-14H,1-2H3,(H,28,30)(H,31,32)/b27-14-. The molecule has 0 radical (unpaired) electrons. The van der Waals surface area contributed by atoms with Crippen LogP contribution in [0.5, 0.6) is 0 Å². The number of carbonyl (C=O) groups excluding carboxylic acids is 1. The van der Waals surface area contributed by atoms with Gasteiger partial charge in [0.05, 0.1) is 16.8 Å². The lowest BCUT2D eigenvalue weighted by Gasteiger charge is -2.11. The highest BCUT2D eigenvalue weighted by Crippen LogP contribution is 2.25. The molecular weight excluding hydrogens is 426 g/mol. The molecule has 0 saturated heterocycles. The molecule has 0 aliphatic carbocycles. The molecule has 1 aromatic heterocycles. The highest BCUT2D eigenvalue weighted by molar-refractivity contribution is 6.33. The van der Waals surface area contributed by atoms with Crippen LogP contribution >= 0.6 is 11.6 Å². The predicted octanol–water partition coefficient (Wildman–Crippen LogP) is 5.36. The molecule has 4 rings (SSSR count). The highest BCUT2D eigenvalue weighted by atomic mass is 35.5. The first-order chi connectivity index (χ1) is 15.3. The minimum Gasteiger partial charge on any atom is -0.478 e. The first kappa shape index (κ1) is 21.3. The fraction of sp³-hybridized carbons (Fsp3) is 0.0800. The molecule has 160 valence electrons. The SMILES string of the molecule is Cc1cc(/C=N\NC(=O)c2ccc3ccccc3c2)c(C)n1-c1ccc(C(=O)O)c(Cl)c1. The average Bonchev–Trinajstić information content (AvgIpc) is 3.05. The van der Waals surface area contributed by atoms with Crippen molar-refractivity contribution in [3.05, 3.63) is 99.8 Å². The summed E-state index contributed by atoms with van der Waals surface area (Å²) in [5, 5.41) is 15.5. The monoisotopic (exact) mass is 445 g/mol. The molecule has 4 aromatic rings. The predicted molar refractivity (Wildman–Crippen MR) is 126 cm³/mol. The van der Waals surface area contributed by atoms with Crippen LogP contribution in [0.4, 0.5) is 0 Å². The van der Waals surface area contributed by atoms with E-state index in [4.69, 9.17) is 11.6 Å². The maximum atomic E-state index is 12.5. The molecule has 0 aliphatic rings. The number of hydrazone groups is 1. The number of carboxylic acids is 1. The van der Waals surface area contributed by atoms with Gasteiger partial charge in [-0.2, -0.15) is 5.10 Å². The minimum atomic E-state index is -1.07. The largest absolute Gasteiger partial charge is 0.478 e. The maximum Gasteiger partial charge on any atom is 0.337 e. The molecule has 0 atom stereocenters. The fourth-order valence-corrected chi connectivity index (χ4v) is 3.94. The Morgan fingerprint density at radius 1 is 1.00 bits per heavy atom. The summed E-state index contributed by atoms with van der Waals surface area (Å²) in [4.78, 5) is 23.7. The lowest BCUT2D eigenvalue weighted by molar-refractivity contribution is 0.0696. The molecular formula is C25H20ClN3O3. The van der Waals surface area contributed by atoms with Gasteiger partial charge in [0.1, 0.15) is 0 Å². The van der Waals surface area contributed by atoms with Gasteiger partial charge in [-0.15, -0.1) is 0 Å². The van der Waals surface area contributed by atoms with Crippen LogP contribution in [-0.4, -0.2) is 27.8 Å². The molecule has 32 heavy (non-hydrogen) atoms. The van der Waals surface area contributed by atoms with Crippen LogP contribution < -0.4 is 5.43 Å². The van der Waals surface area contributed by atoms with Gasteiger partial charge in [-0.1, -0.05) is 41.9 Å². The van der Waals surface area contributed by atoms with Gasteiger partial charge in [0.25, 0.3) is 5.91 Å². The van der Waals surface area contributed by atoms with Crippen molar-refractivity contribution >= 4 is 40.5 Å². The van der Waals surface area contributed by atoms with E-state index in [1.165, 1.54) is 6.07 Å². The number of aryl methyl sites for hydroxylation is 1. The fourth-order valence-electron chi connectivity index (χ4n) is 3.69. The normalized spacial score (nSPS) is 11.2. The summed E-state index contributed by atoms with van der Waals surface area (Å²) in [5.41, 5.74) is 6.52. The van der Waals surface area contributed by atoms with E-state index in [-0.39, 0.29) is 16.5 Å². The molecule has 1 amide bonds. The molecule has 0 saturated carbocycles. The molecule has 7 heteroatoms. The number of hydrogen-bond donors (Lipinski definition) is 2. The van der Waals surface area contributed by atoms with E-state index >= 15 is 0 Å². The Bertz CT molecular complexity index is 1390. The molecule has 0 aliphatic heterocycles. The van der Waals surface area contributed by atoms with Crippen molar-refractivity contribution in [2.75, 3.05) is 0 Å². The Kier molecular flexibility index (Phi) is 5.79. The van der Waals surface area contributed by atoms with Crippen molar-refractivity contribution in [1.82, 2.24) is 9.99 Å². The number of aromatic carboxylic acids is 1. The molecule has 0 fully saturated rings. The zero-order valence-corrected chi connectivity index (χ0v) is 18.2. The number of halogens is 1. The third-order valence-electron chi connectivity index (χ3n) is 5.29. The summed E-state index contributed by atoms with van der Waals surface area (Å²) >= 11 is 6.13. The van der Waals surface area contributed by atoms with Gasteiger partial charge in [-0.05, 0) is 61.0 Å². The molecule has 6 nitrogen and oxygen atoms in total. The van der Waals surface area contributed by atoms with Gasteiger partial charge in [0.2, 0.25) is 0 Å². The number of carbonyl (C=O) groups is 2. The van der Waals surface area contributed by atoms with Gasteiger partial charge in [-0.25, -0.2) is 10.2 Å². The zero-order chi connectivity index (χ0) is 22.8. The van der Waals surface area contributed by atoms with Crippen LogP contribution in [0.3, 0.4) is 0 Å². The Morgan fingerprint density at radius 2 is 1.75 bits per heavy atom. The number of fused-ring (bicyclic) bond motifs is 1. The summed E-state index contributed by atoms with van der Waals surface area (Å²) in [6.45, 7) is 3.84. The van der Waals surface area contributed by atoms with Crippen LogP contribution in [0.15, 0.2) is 71.8 Å². The zero-order valence-electron chi connectivity index (χ0n) is 17.5. The third-order valence-corrected chi connectivity index (χ3v) is 5.61. The summed E-state index contributed by atoms with van der Waals surface area (Å²) in [6, 6.07) is 20.1. The van der Waals surface area contributed by atoms with E-state index in [2.05, 4.69) is 10.5 Å². The molecule has 2 N–H and O–H groups in total. The van der Waals surface area contributed by atoms with Crippen molar-refractivity contribution in [2.45, 2.75) is 13.8 Å². The van der Waals surface area contributed by atoms with Crippen LogP contribution in [0.2, 0.25) is 5.02 Å². The lowest BCUT2D eigenvalue weighted by Crippen LogP contribution is -2.17. The smallest absolute Gasteiger partial charge is 0.337 e. The number of rotatable bonds is 5. The second-order valence-corrected chi connectivity index (χ2v) is 7.80. The van der Waals surface area contributed by atoms with Gasteiger partial charge >= 0.3 is 5.97 Å². The number of carboxylic acid groups (broad SMARTS) is 1. The molecule has 3 aromatic carbocycles. The van der Waals surface area contributed by atoms with Gasteiger partial charge in [0.15, 0.2) is 0 Å². The van der Waals surface area contributed by atoms with Crippen molar-refractivity contribution in [1.29, 1.82) is 0 Å². The number of nitrogens with zero attached hydrogens (tertiary/aromatic N) is 2. The number of nitrogens with one attached hydrogen (secondary N) is 1. The summed E-state index contributed by atoms with van der Waals surface area (Å²) in [7, 11) is 0. The second-order valence-electron chi connectivity index (χ2n) is 7.39. The quantitative estimate of drug-likeness (QED) is 0.320. The Hall–Kier alpha value is -3.90. The molecule has 0 spiro atoms. The van der Waals surface area contributed by atoms with Crippen molar-refractivity contribution in [3.63, 3.8) is 0 Å². The molecule has 0 unspecified atom stereocenters. The average molecular weight is 446 g/mol. The topological polar surface area (TPSA) is 83.7 Å². The van der Waals surface area contributed by atoms with E-state index in [0.717, 1.165) is 33.4 Å². The van der Waals surface area contributed by atoms with Crippen LogP contribution in [0, 0.1) is 13.8 Å². The molecule has 0 bridgehead atoms. The summed E-state index contributed by atoms with van der Waals surface area (Å²) in [6.07, 6.45) is 1.59. The molecule has 1 heterocycles. The van der Waals surface area contributed by atoms with Crippen molar-refractivity contribution in [2.24, 2.45) is 5.10 Å². The van der Waals surface area contributed by atoms with Gasteiger partial charge in [0, 0.05) is 28.2 Å². The Labute approximate surface area is 189 Å². The van der Waals surface area contributed by atoms with E-state index < -0.39 is 5.97 Å². The van der Waals surface area contributed by atoms with Crippen LogP contribution in [0.1, 0.15) is 37.7 Å². The van der Waals surface area contributed by atoms with Gasteiger partial charge < -0.3 is 9.67 Å². The first-order valence-corrected chi connectivity index (χ1v) is 10.3. The number of hydrogen-bond acceptors (Lipinski definition) is 3. The van der Waals surface area contributed by atoms with Gasteiger partial charge in [-0.3, -0.25) is 4.79 Å². The highest BCUT2D eigenvalue weighted by Gasteiger charge is 2.14. The van der Waals surface area contributed by atoms with Crippen molar-refractivity contribution in [3.8, 4) is 5.69 Å². The second kappa shape index (κ2) is 8.69. The van der Waals surface area contributed by atoms with E-state index in [0.29, 0.717) is 5.56 Å². The number of amides is 1. The Balaban J connectivity index is 1.54. The number of aromatic nitrogens is 1. The summed E-state index contributed by atoms with van der Waals surface area (Å²) in [5.74, 6) is -1.37. The van der Waals surface area contributed by atoms with E-state index in [1.807, 2.05) is 60.9 Å². The van der Waals surface area contributed by atoms with E-state index in [1.54, 1.807) is 24.4 Å². The summed E-state index contributed by atoms with van der Waals surface area (Å²) < 4.78 is 1.95. The van der Waals surface area contributed by atoms with E-state index in [9.17, 15) is 14.7 Å². The third kappa shape index (κ3) is 4.13. The first-order valence-electron chi connectivity index (χ1n) is 9.89. The number of benzene rings is 3. The van der Waals surface area contributed by atoms with Crippen LogP contribution in [-0.2, 0) is 0 Å². The minimum absolute atomic E-state index is 0.0519. The lowest BCUT2D eigenvalue weighted by atomic mass is 10.1. The Morgan fingerprint density at radius 3 is 2.47 bits per heavy atom. The van der Waals surface area contributed by atoms with Crippen LogP contribution in [0.25, 0.3) is 16.5 Å².